The van der Waals surface area contributed by atoms with Crippen molar-refractivity contribution >= 4 is 50.5 Å². The van der Waals surface area contributed by atoms with E-state index in [0.717, 1.165) is 28.8 Å². The molecule has 0 unspecified atom stereocenters. The highest BCUT2D eigenvalue weighted by Gasteiger charge is 2.14. The molecule has 0 aliphatic rings. The van der Waals surface area contributed by atoms with Crippen molar-refractivity contribution in [3.05, 3.63) is 52.7 Å². The normalized spacial score (nSPS) is 11.1. The minimum atomic E-state index is -3.52. The molecule has 0 saturated heterocycles. The molecule has 0 radical (unpaired) electrons. The van der Waals surface area contributed by atoms with Crippen LogP contribution in [0.4, 0.5) is 28.8 Å². The van der Waals surface area contributed by atoms with Gasteiger partial charge in [-0.15, -0.1) is 0 Å². The Labute approximate surface area is 192 Å². The lowest BCUT2D eigenvalue weighted by Gasteiger charge is -2.16. The number of hydrogen-bond donors (Lipinski definition) is 3. The fraction of sp³-hybridized carbons (Fsp3) is 0.238. The molecule has 0 spiro atoms. The standard InChI is InChI=1S/C21H24ClN5O4S/c1-12-9-19(31-4)13(2)8-17(12)25-21-23-11-15(22)20(26-21)24-16-7-6-14(30-3)10-18(16)27-32(5,28)29/h6-11,27H,1-5H3,(H2,23,24,25,26). The van der Waals surface area contributed by atoms with Crippen molar-refractivity contribution in [2.75, 3.05) is 35.8 Å². The van der Waals surface area contributed by atoms with Crippen molar-refractivity contribution in [1.82, 2.24) is 9.97 Å². The van der Waals surface area contributed by atoms with Crippen LogP contribution < -0.4 is 24.8 Å². The fourth-order valence-corrected chi connectivity index (χ4v) is 3.66. The van der Waals surface area contributed by atoms with E-state index >= 15 is 0 Å². The second-order valence-corrected chi connectivity index (χ2v) is 9.22. The third kappa shape index (κ3) is 5.71. The summed E-state index contributed by atoms with van der Waals surface area (Å²) in [5, 5.41) is 6.50. The van der Waals surface area contributed by atoms with Crippen LogP contribution in [0.1, 0.15) is 11.1 Å². The Kier molecular flexibility index (Phi) is 6.95. The number of sulfonamides is 1. The van der Waals surface area contributed by atoms with E-state index in [2.05, 4.69) is 25.3 Å². The average molecular weight is 478 g/mol. The van der Waals surface area contributed by atoms with Gasteiger partial charge >= 0.3 is 0 Å². The van der Waals surface area contributed by atoms with Gasteiger partial charge in [-0.05, 0) is 49.2 Å². The first-order valence-corrected chi connectivity index (χ1v) is 11.7. The first-order valence-electron chi connectivity index (χ1n) is 9.47. The molecule has 0 saturated carbocycles. The zero-order valence-corrected chi connectivity index (χ0v) is 19.9. The van der Waals surface area contributed by atoms with Gasteiger partial charge in [0.1, 0.15) is 16.5 Å². The molecule has 0 amide bonds. The second kappa shape index (κ2) is 9.49. The van der Waals surface area contributed by atoms with Gasteiger partial charge in [0, 0.05) is 11.8 Å². The van der Waals surface area contributed by atoms with Crippen molar-refractivity contribution < 1.29 is 17.9 Å². The number of aryl methyl sites for hydroxylation is 2. The van der Waals surface area contributed by atoms with E-state index in [1.165, 1.54) is 13.3 Å². The van der Waals surface area contributed by atoms with Gasteiger partial charge in [-0.2, -0.15) is 4.98 Å². The van der Waals surface area contributed by atoms with E-state index in [1.807, 2.05) is 26.0 Å². The highest BCUT2D eigenvalue weighted by atomic mass is 35.5. The van der Waals surface area contributed by atoms with Crippen LogP contribution in [0.25, 0.3) is 0 Å². The quantitative estimate of drug-likeness (QED) is 0.430. The number of rotatable bonds is 8. The molecule has 9 nitrogen and oxygen atoms in total. The maximum atomic E-state index is 11.8. The molecule has 3 rings (SSSR count). The fourth-order valence-electron chi connectivity index (χ4n) is 2.95. The smallest absolute Gasteiger partial charge is 0.229 e. The molecule has 170 valence electrons. The summed E-state index contributed by atoms with van der Waals surface area (Å²) < 4.78 is 36.6. The number of nitrogens with one attached hydrogen (secondary N) is 3. The number of methoxy groups -OCH3 is 2. The van der Waals surface area contributed by atoms with Crippen LogP contribution in [-0.2, 0) is 10.0 Å². The van der Waals surface area contributed by atoms with Crippen LogP contribution in [0.3, 0.4) is 0 Å². The van der Waals surface area contributed by atoms with Gasteiger partial charge in [-0.3, -0.25) is 4.72 Å². The second-order valence-electron chi connectivity index (χ2n) is 7.06. The van der Waals surface area contributed by atoms with Gasteiger partial charge in [0.2, 0.25) is 16.0 Å². The van der Waals surface area contributed by atoms with Crippen molar-refractivity contribution in [3.63, 3.8) is 0 Å². The van der Waals surface area contributed by atoms with Gasteiger partial charge in [0.25, 0.3) is 0 Å². The largest absolute Gasteiger partial charge is 0.497 e. The van der Waals surface area contributed by atoms with Crippen LogP contribution in [0.5, 0.6) is 11.5 Å². The molecule has 11 heteroatoms. The lowest BCUT2D eigenvalue weighted by Crippen LogP contribution is -2.11. The number of benzene rings is 2. The minimum absolute atomic E-state index is 0.263. The Morgan fingerprint density at radius 2 is 1.69 bits per heavy atom. The predicted octanol–water partition coefficient (Wildman–Crippen LogP) is 4.62. The summed E-state index contributed by atoms with van der Waals surface area (Å²) in [6.45, 7) is 3.89. The Morgan fingerprint density at radius 1 is 0.938 bits per heavy atom. The van der Waals surface area contributed by atoms with Crippen LogP contribution in [-0.4, -0.2) is 38.9 Å². The molecule has 1 aromatic heterocycles. The van der Waals surface area contributed by atoms with Crippen LogP contribution in [0.2, 0.25) is 5.02 Å². The van der Waals surface area contributed by atoms with Crippen LogP contribution >= 0.6 is 11.6 Å². The maximum Gasteiger partial charge on any atom is 0.229 e. The highest BCUT2D eigenvalue weighted by Crippen LogP contribution is 2.33. The van der Waals surface area contributed by atoms with E-state index in [-0.39, 0.29) is 10.7 Å². The number of halogens is 1. The summed E-state index contributed by atoms with van der Waals surface area (Å²) in [5.74, 6) is 1.89. The Bertz CT molecular complexity index is 1250. The molecule has 0 bridgehead atoms. The molecule has 1 heterocycles. The van der Waals surface area contributed by atoms with Crippen molar-refractivity contribution in [1.29, 1.82) is 0 Å². The molecular weight excluding hydrogens is 454 g/mol. The SMILES string of the molecule is COc1ccc(Nc2nc(Nc3cc(C)c(OC)cc3C)ncc2Cl)c(NS(C)(=O)=O)c1. The van der Waals surface area contributed by atoms with Crippen molar-refractivity contribution in [2.45, 2.75) is 13.8 Å². The van der Waals surface area contributed by atoms with Crippen molar-refractivity contribution in [2.24, 2.45) is 0 Å². The number of anilines is 5. The van der Waals surface area contributed by atoms with Crippen LogP contribution in [0, 0.1) is 13.8 Å². The monoisotopic (exact) mass is 477 g/mol. The summed E-state index contributed by atoms with van der Waals surface area (Å²) in [6.07, 6.45) is 2.52. The van der Waals surface area contributed by atoms with Crippen molar-refractivity contribution in [3.8, 4) is 11.5 Å². The first kappa shape index (κ1) is 23.4. The lowest BCUT2D eigenvalue weighted by molar-refractivity contribution is 0.411. The van der Waals surface area contributed by atoms with E-state index in [4.69, 9.17) is 21.1 Å². The van der Waals surface area contributed by atoms with Gasteiger partial charge in [-0.1, -0.05) is 11.6 Å². The van der Waals surface area contributed by atoms with Crippen LogP contribution in [0.15, 0.2) is 36.5 Å². The minimum Gasteiger partial charge on any atom is -0.497 e. The average Bonchev–Trinajstić information content (AvgIpc) is 2.72. The topological polar surface area (TPSA) is 114 Å². The van der Waals surface area contributed by atoms with Gasteiger partial charge < -0.3 is 20.1 Å². The lowest BCUT2D eigenvalue weighted by atomic mass is 10.1. The van der Waals surface area contributed by atoms with E-state index in [1.54, 1.807) is 25.3 Å². The Morgan fingerprint density at radius 3 is 2.34 bits per heavy atom. The zero-order chi connectivity index (χ0) is 23.5. The third-order valence-electron chi connectivity index (χ3n) is 4.51. The number of aromatic nitrogens is 2. The van der Waals surface area contributed by atoms with Gasteiger partial charge in [-0.25, -0.2) is 13.4 Å². The molecule has 3 N–H and O–H groups in total. The molecule has 32 heavy (non-hydrogen) atoms. The predicted molar refractivity (Wildman–Crippen MR) is 128 cm³/mol. The maximum absolute atomic E-state index is 11.8. The molecule has 0 aliphatic heterocycles. The summed E-state index contributed by atoms with van der Waals surface area (Å²) in [7, 11) is -0.403. The van der Waals surface area contributed by atoms with Gasteiger partial charge in [0.05, 0.1) is 38.0 Å². The molecule has 0 aliphatic carbocycles. The summed E-state index contributed by atoms with van der Waals surface area (Å²) in [4.78, 5) is 8.69. The highest BCUT2D eigenvalue weighted by molar-refractivity contribution is 7.92. The molecular formula is C21H24ClN5O4S. The third-order valence-corrected chi connectivity index (χ3v) is 5.37. The van der Waals surface area contributed by atoms with E-state index in [9.17, 15) is 8.42 Å². The summed E-state index contributed by atoms with van der Waals surface area (Å²) in [6, 6.07) is 8.77. The number of hydrogen-bond acceptors (Lipinski definition) is 8. The molecule has 0 atom stereocenters. The summed E-state index contributed by atoms with van der Waals surface area (Å²) >= 11 is 6.29. The molecule has 2 aromatic carbocycles. The Balaban J connectivity index is 1.93. The zero-order valence-electron chi connectivity index (χ0n) is 18.3. The number of nitrogens with zero attached hydrogens (tertiary/aromatic N) is 2. The Hall–Kier alpha value is -3.24. The summed E-state index contributed by atoms with van der Waals surface area (Å²) in [5.41, 5.74) is 3.47. The molecule has 3 aromatic rings. The van der Waals surface area contributed by atoms with E-state index in [0.29, 0.717) is 23.2 Å². The van der Waals surface area contributed by atoms with E-state index < -0.39 is 10.0 Å². The first-order chi connectivity index (χ1) is 15.1. The number of ether oxygens (including phenoxy) is 2. The molecule has 0 fully saturated rings. The van der Waals surface area contributed by atoms with Gasteiger partial charge in [0.15, 0.2) is 5.82 Å².